The van der Waals surface area contributed by atoms with Crippen molar-refractivity contribution < 1.29 is 9.18 Å². The quantitative estimate of drug-likeness (QED) is 0.862. The first kappa shape index (κ1) is 13.8. The van der Waals surface area contributed by atoms with E-state index in [1.165, 1.54) is 25.3 Å². The van der Waals surface area contributed by atoms with E-state index in [-0.39, 0.29) is 11.8 Å². The maximum atomic E-state index is 13.4. The van der Waals surface area contributed by atoms with Gasteiger partial charge < -0.3 is 10.6 Å². The zero-order valence-corrected chi connectivity index (χ0v) is 11.1. The summed E-state index contributed by atoms with van der Waals surface area (Å²) in [6.45, 7) is 0.458. The van der Waals surface area contributed by atoms with E-state index in [0.29, 0.717) is 24.6 Å². The number of nitrogens with one attached hydrogen (secondary N) is 2. The Bertz CT molecular complexity index is 416. The fourth-order valence-corrected chi connectivity index (χ4v) is 2.50. The molecule has 1 aliphatic rings. The van der Waals surface area contributed by atoms with E-state index in [9.17, 15) is 9.18 Å². The normalized spacial score (nSPS) is 16.1. The lowest BCUT2D eigenvalue weighted by atomic mass is 9.96. The molecule has 2 amide bonds. The average Bonchev–Trinajstić information content (AvgIpc) is 2.42. The van der Waals surface area contributed by atoms with Gasteiger partial charge in [-0.15, -0.1) is 0 Å². The molecule has 0 unspecified atom stereocenters. The first-order valence-electron chi connectivity index (χ1n) is 7.03. The fraction of sp³-hybridized carbons (Fsp3) is 0.533. The van der Waals surface area contributed by atoms with Crippen LogP contribution in [0.4, 0.5) is 9.18 Å². The van der Waals surface area contributed by atoms with Gasteiger partial charge in [0, 0.05) is 12.6 Å². The van der Waals surface area contributed by atoms with Crippen LogP contribution < -0.4 is 10.6 Å². The Balaban J connectivity index is 1.67. The van der Waals surface area contributed by atoms with Crippen molar-refractivity contribution in [3.05, 3.63) is 35.6 Å². The highest BCUT2D eigenvalue weighted by Gasteiger charge is 2.15. The second kappa shape index (κ2) is 7.12. The number of amides is 2. The Morgan fingerprint density at radius 3 is 2.68 bits per heavy atom. The Hall–Kier alpha value is -1.58. The molecule has 1 aliphatic carbocycles. The molecule has 1 fully saturated rings. The number of carbonyl (C=O) groups is 1. The molecular weight excluding hydrogens is 243 g/mol. The Kier molecular flexibility index (Phi) is 5.19. The highest BCUT2D eigenvalue weighted by Crippen LogP contribution is 2.17. The van der Waals surface area contributed by atoms with Crippen molar-refractivity contribution in [3.8, 4) is 0 Å². The third-order valence-corrected chi connectivity index (χ3v) is 3.58. The van der Waals surface area contributed by atoms with Crippen molar-refractivity contribution in [2.45, 2.75) is 44.6 Å². The predicted octanol–water partition coefficient (Wildman–Crippen LogP) is 3.00. The van der Waals surface area contributed by atoms with Gasteiger partial charge in [0.2, 0.25) is 0 Å². The van der Waals surface area contributed by atoms with Crippen LogP contribution in [0.25, 0.3) is 0 Å². The maximum Gasteiger partial charge on any atom is 0.315 e. The molecular formula is C15H21FN2O. The molecule has 19 heavy (non-hydrogen) atoms. The molecule has 3 nitrogen and oxygen atoms in total. The molecule has 0 radical (unpaired) electrons. The lowest BCUT2D eigenvalue weighted by Crippen LogP contribution is -2.43. The summed E-state index contributed by atoms with van der Waals surface area (Å²) in [6, 6.07) is 6.83. The van der Waals surface area contributed by atoms with E-state index in [1.807, 2.05) is 0 Å². The third kappa shape index (κ3) is 4.54. The van der Waals surface area contributed by atoms with E-state index in [4.69, 9.17) is 0 Å². The van der Waals surface area contributed by atoms with Crippen LogP contribution in [-0.4, -0.2) is 18.6 Å². The number of carbonyl (C=O) groups excluding carboxylic acids is 1. The molecule has 0 spiro atoms. The molecule has 1 aromatic rings. The number of hydrogen-bond donors (Lipinski definition) is 2. The molecule has 0 aromatic heterocycles. The topological polar surface area (TPSA) is 41.1 Å². The first-order chi connectivity index (χ1) is 9.25. The molecule has 4 heteroatoms. The van der Waals surface area contributed by atoms with Crippen molar-refractivity contribution in [2.24, 2.45) is 0 Å². The van der Waals surface area contributed by atoms with Crippen LogP contribution in [0.3, 0.4) is 0 Å². The van der Waals surface area contributed by atoms with Crippen LogP contribution in [0, 0.1) is 5.82 Å². The monoisotopic (exact) mass is 264 g/mol. The Labute approximate surface area is 113 Å². The summed E-state index contributed by atoms with van der Waals surface area (Å²) in [4.78, 5) is 11.7. The summed E-state index contributed by atoms with van der Waals surface area (Å²) < 4.78 is 13.4. The van der Waals surface area contributed by atoms with E-state index < -0.39 is 0 Å². The second-order valence-electron chi connectivity index (χ2n) is 5.08. The number of halogens is 1. The molecule has 1 saturated carbocycles. The zero-order chi connectivity index (χ0) is 13.5. The molecule has 0 aliphatic heterocycles. The first-order valence-corrected chi connectivity index (χ1v) is 7.03. The van der Waals surface area contributed by atoms with E-state index in [2.05, 4.69) is 10.6 Å². The van der Waals surface area contributed by atoms with Crippen molar-refractivity contribution >= 4 is 6.03 Å². The molecule has 2 rings (SSSR count). The van der Waals surface area contributed by atoms with Crippen molar-refractivity contribution in [1.29, 1.82) is 0 Å². The number of benzene rings is 1. The van der Waals surface area contributed by atoms with Crippen LogP contribution in [0.1, 0.15) is 37.7 Å². The zero-order valence-electron chi connectivity index (χ0n) is 11.1. The SMILES string of the molecule is O=C(NCCc1ccccc1F)NC1CCCCC1. The average molecular weight is 264 g/mol. The fourth-order valence-electron chi connectivity index (χ4n) is 2.50. The lowest BCUT2D eigenvalue weighted by molar-refractivity contribution is 0.233. The summed E-state index contributed by atoms with van der Waals surface area (Å²) in [7, 11) is 0. The number of hydrogen-bond acceptors (Lipinski definition) is 1. The molecule has 2 N–H and O–H groups in total. The third-order valence-electron chi connectivity index (χ3n) is 3.58. The van der Waals surface area contributed by atoms with Crippen LogP contribution in [0.2, 0.25) is 0 Å². The Morgan fingerprint density at radius 1 is 1.21 bits per heavy atom. The molecule has 0 bridgehead atoms. The molecule has 0 heterocycles. The van der Waals surface area contributed by atoms with Crippen LogP contribution in [-0.2, 0) is 6.42 Å². The smallest absolute Gasteiger partial charge is 0.315 e. The minimum Gasteiger partial charge on any atom is -0.338 e. The van der Waals surface area contributed by atoms with Gasteiger partial charge in [0.05, 0.1) is 0 Å². The van der Waals surface area contributed by atoms with Gasteiger partial charge in [-0.1, -0.05) is 37.5 Å². The standard InChI is InChI=1S/C15H21FN2O/c16-14-9-5-4-6-12(14)10-11-17-15(19)18-13-7-2-1-3-8-13/h4-6,9,13H,1-3,7-8,10-11H2,(H2,17,18,19). The van der Waals surface area contributed by atoms with Crippen molar-refractivity contribution in [1.82, 2.24) is 10.6 Å². The minimum atomic E-state index is -0.211. The lowest BCUT2D eigenvalue weighted by Gasteiger charge is -2.22. The maximum absolute atomic E-state index is 13.4. The van der Waals surface area contributed by atoms with Gasteiger partial charge in [0.15, 0.2) is 0 Å². The molecule has 0 atom stereocenters. The Morgan fingerprint density at radius 2 is 1.95 bits per heavy atom. The van der Waals surface area contributed by atoms with E-state index in [0.717, 1.165) is 12.8 Å². The van der Waals surface area contributed by atoms with E-state index >= 15 is 0 Å². The molecule has 1 aromatic carbocycles. The largest absolute Gasteiger partial charge is 0.338 e. The number of urea groups is 1. The molecule has 0 saturated heterocycles. The van der Waals surface area contributed by atoms with Crippen LogP contribution >= 0.6 is 0 Å². The van der Waals surface area contributed by atoms with Crippen molar-refractivity contribution in [2.75, 3.05) is 6.54 Å². The van der Waals surface area contributed by atoms with Gasteiger partial charge in [-0.25, -0.2) is 9.18 Å². The van der Waals surface area contributed by atoms with Crippen molar-refractivity contribution in [3.63, 3.8) is 0 Å². The van der Waals surface area contributed by atoms with E-state index in [1.54, 1.807) is 18.2 Å². The summed E-state index contributed by atoms with van der Waals surface area (Å²) >= 11 is 0. The van der Waals surface area contributed by atoms with Gasteiger partial charge >= 0.3 is 6.03 Å². The highest BCUT2D eigenvalue weighted by molar-refractivity contribution is 5.74. The van der Waals surface area contributed by atoms with Gasteiger partial charge in [0.1, 0.15) is 5.82 Å². The highest BCUT2D eigenvalue weighted by atomic mass is 19.1. The summed E-state index contributed by atoms with van der Waals surface area (Å²) in [5.74, 6) is -0.211. The van der Waals surface area contributed by atoms with Gasteiger partial charge in [-0.3, -0.25) is 0 Å². The minimum absolute atomic E-state index is 0.136. The summed E-state index contributed by atoms with van der Waals surface area (Å²) in [5.41, 5.74) is 0.639. The van der Waals surface area contributed by atoms with Gasteiger partial charge in [-0.05, 0) is 30.9 Å². The van der Waals surface area contributed by atoms with Gasteiger partial charge in [0.25, 0.3) is 0 Å². The number of rotatable bonds is 4. The van der Waals surface area contributed by atoms with Crippen LogP contribution in [0.15, 0.2) is 24.3 Å². The summed E-state index contributed by atoms with van der Waals surface area (Å²) in [6.07, 6.45) is 6.32. The second-order valence-corrected chi connectivity index (χ2v) is 5.08. The molecule has 104 valence electrons. The van der Waals surface area contributed by atoms with Gasteiger partial charge in [-0.2, -0.15) is 0 Å². The predicted molar refractivity (Wildman–Crippen MR) is 73.5 cm³/mol. The summed E-state index contributed by atoms with van der Waals surface area (Å²) in [5, 5.41) is 5.76. The van der Waals surface area contributed by atoms with Crippen LogP contribution in [0.5, 0.6) is 0 Å².